The number of ether oxygens (including phenoxy) is 2. The molecule has 2 aromatic carbocycles. The van der Waals surface area contributed by atoms with Gasteiger partial charge in [0, 0.05) is 0 Å². The standard InChI is InChI=1S/C22H24N2O4/c1-16(2)22(3,15-23)24-20(25)14-28-21(26)18-11-9-17(10-12-18)13-27-19-7-5-4-6-8-19/h4-12,16H,13-14H2,1-3H3,(H,24,25)/t22-/m1/s1. The maximum atomic E-state index is 12.1. The second-order valence-electron chi connectivity index (χ2n) is 6.89. The molecule has 0 heterocycles. The molecule has 0 bridgehead atoms. The van der Waals surface area contributed by atoms with Crippen LogP contribution in [0.1, 0.15) is 36.7 Å². The SMILES string of the molecule is CC(C)[C@@](C)(C#N)NC(=O)COC(=O)c1ccc(COc2ccccc2)cc1. The zero-order valence-corrected chi connectivity index (χ0v) is 16.3. The van der Waals surface area contributed by atoms with Gasteiger partial charge in [0.05, 0.1) is 11.6 Å². The van der Waals surface area contributed by atoms with Crippen LogP contribution in [-0.2, 0) is 16.1 Å². The van der Waals surface area contributed by atoms with Gasteiger partial charge in [0.25, 0.3) is 5.91 Å². The van der Waals surface area contributed by atoms with Crippen LogP contribution in [0.3, 0.4) is 0 Å². The Kier molecular flexibility index (Phi) is 7.16. The van der Waals surface area contributed by atoms with Crippen LogP contribution < -0.4 is 10.1 Å². The quantitative estimate of drug-likeness (QED) is 0.709. The third-order valence-electron chi connectivity index (χ3n) is 4.46. The number of nitriles is 1. The fourth-order valence-corrected chi connectivity index (χ4v) is 2.26. The van der Waals surface area contributed by atoms with E-state index >= 15 is 0 Å². The van der Waals surface area contributed by atoms with Crippen molar-refractivity contribution in [2.75, 3.05) is 6.61 Å². The lowest BCUT2D eigenvalue weighted by atomic mass is 9.90. The summed E-state index contributed by atoms with van der Waals surface area (Å²) in [6, 6.07) is 18.3. The van der Waals surface area contributed by atoms with Gasteiger partial charge in [-0.05, 0) is 42.7 Å². The molecule has 0 aliphatic carbocycles. The molecule has 0 aromatic heterocycles. The minimum absolute atomic E-state index is 0.0807. The summed E-state index contributed by atoms with van der Waals surface area (Å²) in [6.07, 6.45) is 0. The molecule has 0 radical (unpaired) electrons. The summed E-state index contributed by atoms with van der Waals surface area (Å²) in [6.45, 7) is 5.23. The number of benzene rings is 2. The van der Waals surface area contributed by atoms with E-state index in [0.29, 0.717) is 12.2 Å². The summed E-state index contributed by atoms with van der Waals surface area (Å²) < 4.78 is 10.7. The Bertz CT molecular complexity index is 841. The maximum Gasteiger partial charge on any atom is 0.338 e. The first-order valence-corrected chi connectivity index (χ1v) is 9.00. The Morgan fingerprint density at radius 2 is 1.75 bits per heavy atom. The van der Waals surface area contributed by atoms with E-state index in [1.807, 2.05) is 44.2 Å². The van der Waals surface area contributed by atoms with Gasteiger partial charge in [0.1, 0.15) is 17.9 Å². The minimum atomic E-state index is -1.01. The summed E-state index contributed by atoms with van der Waals surface area (Å²) in [5.41, 5.74) is 0.229. The molecule has 6 nitrogen and oxygen atoms in total. The highest BCUT2D eigenvalue weighted by Gasteiger charge is 2.30. The lowest BCUT2D eigenvalue weighted by Crippen LogP contribution is -2.50. The molecule has 0 spiro atoms. The lowest BCUT2D eigenvalue weighted by Gasteiger charge is -2.27. The van der Waals surface area contributed by atoms with Gasteiger partial charge in [-0.1, -0.05) is 44.2 Å². The van der Waals surface area contributed by atoms with Gasteiger partial charge < -0.3 is 14.8 Å². The average Bonchev–Trinajstić information content (AvgIpc) is 2.71. The third kappa shape index (κ3) is 5.85. The molecule has 0 unspecified atom stereocenters. The molecule has 0 aliphatic heterocycles. The molecule has 0 fully saturated rings. The van der Waals surface area contributed by atoms with Gasteiger partial charge in [-0.3, -0.25) is 4.79 Å². The first kappa shape index (κ1) is 21.0. The molecule has 146 valence electrons. The second kappa shape index (κ2) is 9.56. The van der Waals surface area contributed by atoms with Crippen molar-refractivity contribution in [1.82, 2.24) is 5.32 Å². The van der Waals surface area contributed by atoms with Gasteiger partial charge in [0.2, 0.25) is 0 Å². The van der Waals surface area contributed by atoms with Crippen LogP contribution >= 0.6 is 0 Å². The van der Waals surface area contributed by atoms with Crippen LogP contribution in [0.25, 0.3) is 0 Å². The predicted octanol–water partition coefficient (Wildman–Crippen LogP) is 3.48. The number of amides is 1. The fourth-order valence-electron chi connectivity index (χ4n) is 2.26. The van der Waals surface area contributed by atoms with Gasteiger partial charge in [-0.25, -0.2) is 4.79 Å². The molecule has 1 amide bonds. The Morgan fingerprint density at radius 3 is 2.32 bits per heavy atom. The van der Waals surface area contributed by atoms with Gasteiger partial charge in [-0.2, -0.15) is 5.26 Å². The van der Waals surface area contributed by atoms with Crippen molar-refractivity contribution in [3.8, 4) is 11.8 Å². The van der Waals surface area contributed by atoms with Gasteiger partial charge in [-0.15, -0.1) is 0 Å². The van der Waals surface area contributed by atoms with E-state index in [4.69, 9.17) is 9.47 Å². The van der Waals surface area contributed by atoms with Crippen LogP contribution in [0.2, 0.25) is 0 Å². The van der Waals surface area contributed by atoms with E-state index in [9.17, 15) is 14.9 Å². The van der Waals surface area contributed by atoms with Crippen molar-refractivity contribution in [3.63, 3.8) is 0 Å². The number of para-hydroxylation sites is 1. The average molecular weight is 380 g/mol. The molecular weight excluding hydrogens is 356 g/mol. The maximum absolute atomic E-state index is 12.1. The molecule has 1 atom stereocenters. The number of carbonyl (C=O) groups excluding carboxylic acids is 2. The highest BCUT2D eigenvalue weighted by Crippen LogP contribution is 2.15. The molecule has 28 heavy (non-hydrogen) atoms. The molecular formula is C22H24N2O4. The van der Waals surface area contributed by atoms with E-state index < -0.39 is 24.0 Å². The van der Waals surface area contributed by atoms with Crippen molar-refractivity contribution >= 4 is 11.9 Å². The Labute approximate surface area is 165 Å². The monoisotopic (exact) mass is 380 g/mol. The Morgan fingerprint density at radius 1 is 1.11 bits per heavy atom. The number of nitrogens with one attached hydrogen (secondary N) is 1. The van der Waals surface area contributed by atoms with Crippen LogP contribution in [0, 0.1) is 17.2 Å². The van der Waals surface area contributed by atoms with Gasteiger partial charge >= 0.3 is 5.97 Å². The topological polar surface area (TPSA) is 88.4 Å². The van der Waals surface area contributed by atoms with Crippen LogP contribution in [0.5, 0.6) is 5.75 Å². The van der Waals surface area contributed by atoms with Crippen molar-refractivity contribution in [3.05, 3.63) is 65.7 Å². The van der Waals surface area contributed by atoms with Crippen molar-refractivity contribution < 1.29 is 19.1 Å². The first-order chi connectivity index (χ1) is 13.3. The van der Waals surface area contributed by atoms with E-state index in [2.05, 4.69) is 11.4 Å². The predicted molar refractivity (Wildman–Crippen MR) is 104 cm³/mol. The van der Waals surface area contributed by atoms with Crippen LogP contribution in [-0.4, -0.2) is 24.0 Å². The summed E-state index contributed by atoms with van der Waals surface area (Å²) in [4.78, 5) is 24.1. The van der Waals surface area contributed by atoms with E-state index in [1.54, 1.807) is 31.2 Å². The van der Waals surface area contributed by atoms with Crippen LogP contribution in [0.4, 0.5) is 0 Å². The highest BCUT2D eigenvalue weighted by molar-refractivity contribution is 5.91. The summed E-state index contributed by atoms with van der Waals surface area (Å²) in [7, 11) is 0. The van der Waals surface area contributed by atoms with E-state index in [-0.39, 0.29) is 5.92 Å². The number of rotatable bonds is 8. The molecule has 6 heteroatoms. The zero-order chi connectivity index (χ0) is 20.6. The smallest absolute Gasteiger partial charge is 0.338 e. The van der Waals surface area contributed by atoms with Crippen molar-refractivity contribution in [2.45, 2.75) is 32.9 Å². The molecule has 1 N–H and O–H groups in total. The number of esters is 1. The lowest BCUT2D eigenvalue weighted by molar-refractivity contribution is -0.125. The number of hydrogen-bond acceptors (Lipinski definition) is 5. The molecule has 0 saturated heterocycles. The third-order valence-corrected chi connectivity index (χ3v) is 4.46. The summed E-state index contributed by atoms with van der Waals surface area (Å²) >= 11 is 0. The first-order valence-electron chi connectivity index (χ1n) is 9.00. The Hall–Kier alpha value is -3.33. The number of carbonyl (C=O) groups is 2. The van der Waals surface area contributed by atoms with Crippen LogP contribution in [0.15, 0.2) is 54.6 Å². The largest absolute Gasteiger partial charge is 0.489 e. The molecule has 2 rings (SSSR count). The summed E-state index contributed by atoms with van der Waals surface area (Å²) in [5.74, 6) is -0.432. The highest BCUT2D eigenvalue weighted by atomic mass is 16.5. The summed E-state index contributed by atoms with van der Waals surface area (Å²) in [5, 5.41) is 11.8. The molecule has 0 saturated carbocycles. The molecule has 2 aromatic rings. The molecule has 0 aliphatic rings. The minimum Gasteiger partial charge on any atom is -0.489 e. The van der Waals surface area contributed by atoms with E-state index in [0.717, 1.165) is 11.3 Å². The Balaban J connectivity index is 1.84. The normalized spacial score (nSPS) is 12.5. The fraction of sp³-hybridized carbons (Fsp3) is 0.318. The van der Waals surface area contributed by atoms with Crippen molar-refractivity contribution in [1.29, 1.82) is 5.26 Å². The van der Waals surface area contributed by atoms with Crippen molar-refractivity contribution in [2.24, 2.45) is 5.92 Å². The number of nitrogens with zero attached hydrogens (tertiary/aromatic N) is 1. The second-order valence-corrected chi connectivity index (χ2v) is 6.89. The van der Waals surface area contributed by atoms with E-state index in [1.165, 1.54) is 0 Å². The zero-order valence-electron chi connectivity index (χ0n) is 16.3. The van der Waals surface area contributed by atoms with Gasteiger partial charge in [0.15, 0.2) is 6.61 Å². The number of hydrogen-bond donors (Lipinski definition) is 1.